The molecule has 44 heavy (non-hydrogen) atoms. The van der Waals surface area contributed by atoms with Crippen molar-refractivity contribution in [3.8, 4) is 34.0 Å². The Morgan fingerprint density at radius 3 is 2.68 bits per heavy atom. The maximum absolute atomic E-state index is 14.6. The lowest BCUT2D eigenvalue weighted by molar-refractivity contribution is -0.122. The molecule has 0 radical (unpaired) electrons. The van der Waals surface area contributed by atoms with Crippen LogP contribution in [-0.2, 0) is 21.4 Å². The molecule has 222 valence electrons. The van der Waals surface area contributed by atoms with Crippen LogP contribution in [0.5, 0.6) is 0 Å². The second-order valence-corrected chi connectivity index (χ2v) is 12.7. The molecule has 0 saturated heterocycles. The van der Waals surface area contributed by atoms with E-state index in [-0.39, 0.29) is 18.4 Å². The van der Waals surface area contributed by atoms with Gasteiger partial charge in [-0.3, -0.25) is 24.8 Å². The number of sulfonamides is 1. The number of carbonyl (C=O) groups excluding carboxylic acids is 1. The van der Waals surface area contributed by atoms with Crippen molar-refractivity contribution in [1.82, 2.24) is 39.8 Å². The number of pyridine rings is 3. The van der Waals surface area contributed by atoms with Crippen LogP contribution >= 0.6 is 0 Å². The number of rotatable bonds is 8. The van der Waals surface area contributed by atoms with Crippen molar-refractivity contribution >= 4 is 43.6 Å². The van der Waals surface area contributed by atoms with Crippen LogP contribution in [0, 0.1) is 11.7 Å². The topological polar surface area (TPSA) is 171 Å². The molecule has 4 N–H and O–H groups in total. The van der Waals surface area contributed by atoms with Gasteiger partial charge in [0.25, 0.3) is 0 Å². The summed E-state index contributed by atoms with van der Waals surface area (Å²) in [5.74, 6) is 0.00465. The minimum atomic E-state index is -3.46. The van der Waals surface area contributed by atoms with Gasteiger partial charge in [0.05, 0.1) is 46.8 Å². The van der Waals surface area contributed by atoms with Gasteiger partial charge in [0.1, 0.15) is 17.0 Å². The lowest BCUT2D eigenvalue weighted by Crippen LogP contribution is -2.28. The summed E-state index contributed by atoms with van der Waals surface area (Å²) in [5, 5.41) is 11.2. The van der Waals surface area contributed by atoms with Gasteiger partial charge >= 0.3 is 0 Å². The molecule has 0 aliphatic heterocycles. The van der Waals surface area contributed by atoms with E-state index in [1.54, 1.807) is 36.9 Å². The highest BCUT2D eigenvalue weighted by Crippen LogP contribution is 2.33. The Hall–Kier alpha value is -5.08. The van der Waals surface area contributed by atoms with Crippen LogP contribution in [0.3, 0.4) is 0 Å². The van der Waals surface area contributed by atoms with Gasteiger partial charge < -0.3 is 10.3 Å². The fourth-order valence-electron chi connectivity index (χ4n) is 5.18. The number of nitrogens with one attached hydrogen (secondary N) is 4. The Bertz CT molecular complexity index is 2170. The van der Waals surface area contributed by atoms with Crippen molar-refractivity contribution in [3.05, 3.63) is 72.6 Å². The summed E-state index contributed by atoms with van der Waals surface area (Å²) in [6.45, 7) is -0.0632. The van der Waals surface area contributed by atoms with Gasteiger partial charge in [0.15, 0.2) is 5.82 Å². The number of benzene rings is 1. The summed E-state index contributed by atoms with van der Waals surface area (Å²) < 4.78 is 40.1. The first kappa shape index (κ1) is 27.7. The predicted octanol–water partition coefficient (Wildman–Crippen LogP) is 4.55. The van der Waals surface area contributed by atoms with Crippen molar-refractivity contribution in [1.29, 1.82) is 0 Å². The highest BCUT2D eigenvalue weighted by Gasteiger charge is 2.25. The molecular weight excluding hydrogens is 585 g/mol. The van der Waals surface area contributed by atoms with Crippen LogP contribution in [0.4, 0.5) is 10.1 Å². The molecule has 14 heteroatoms. The normalized spacial score (nSPS) is 13.8. The van der Waals surface area contributed by atoms with E-state index in [2.05, 4.69) is 40.2 Å². The molecule has 1 fully saturated rings. The van der Waals surface area contributed by atoms with Gasteiger partial charge in [-0.2, -0.15) is 5.10 Å². The Kier molecular flexibility index (Phi) is 6.86. The molecule has 0 unspecified atom stereocenters. The first-order chi connectivity index (χ1) is 21.2. The predicted molar refractivity (Wildman–Crippen MR) is 163 cm³/mol. The smallest absolute Gasteiger partial charge is 0.227 e. The molecule has 0 spiro atoms. The molecular formula is C30H26FN9O3S. The molecule has 1 aliphatic rings. The van der Waals surface area contributed by atoms with Gasteiger partial charge in [-0.15, -0.1) is 0 Å². The Morgan fingerprint density at radius 1 is 1.02 bits per heavy atom. The summed E-state index contributed by atoms with van der Waals surface area (Å²) in [7, 11) is -3.46. The molecule has 5 aromatic heterocycles. The van der Waals surface area contributed by atoms with Crippen molar-refractivity contribution in [3.63, 3.8) is 0 Å². The van der Waals surface area contributed by atoms with E-state index in [1.165, 1.54) is 12.1 Å². The number of anilines is 1. The van der Waals surface area contributed by atoms with Gasteiger partial charge in [-0.05, 0) is 54.8 Å². The van der Waals surface area contributed by atoms with E-state index >= 15 is 0 Å². The fraction of sp³-hybridized carbons (Fsp3) is 0.200. The number of amides is 1. The number of H-pyrrole nitrogens is 2. The summed E-state index contributed by atoms with van der Waals surface area (Å²) in [6, 6.07) is 9.76. The zero-order valence-electron chi connectivity index (χ0n) is 23.4. The molecule has 5 heterocycles. The number of hydrogen-bond donors (Lipinski definition) is 4. The standard InChI is InChI=1S/C30H26FN9O3S/c1-44(42,43)35-12-16-7-18(9-20(31)8-16)26-28-23(5-6-33-26)37-29(38-28)27-22-11-24(34-15-25(22)39-40-27)19-10-21(14-32-13-19)36-30(41)17-3-2-4-17/h5-11,13-15,17,35H,2-4,12H2,1H3,(H,36,41)(H,37,38)(H,39,40). The van der Waals surface area contributed by atoms with E-state index in [1.807, 2.05) is 12.1 Å². The van der Waals surface area contributed by atoms with Gasteiger partial charge in [0, 0.05) is 41.4 Å². The van der Waals surface area contributed by atoms with Crippen molar-refractivity contribution < 1.29 is 17.6 Å². The average molecular weight is 612 g/mol. The highest BCUT2D eigenvalue weighted by atomic mass is 32.2. The van der Waals surface area contributed by atoms with E-state index in [4.69, 9.17) is 4.98 Å². The van der Waals surface area contributed by atoms with Crippen molar-refractivity contribution in [2.75, 3.05) is 11.6 Å². The number of carbonyl (C=O) groups is 1. The zero-order chi connectivity index (χ0) is 30.4. The molecule has 1 amide bonds. The van der Waals surface area contributed by atoms with Crippen LogP contribution in [0.2, 0.25) is 0 Å². The highest BCUT2D eigenvalue weighted by molar-refractivity contribution is 7.88. The summed E-state index contributed by atoms with van der Waals surface area (Å²) in [4.78, 5) is 33.9. The molecule has 6 aromatic rings. The number of imidazole rings is 1. The van der Waals surface area contributed by atoms with Crippen molar-refractivity contribution in [2.45, 2.75) is 25.8 Å². The molecule has 0 bridgehead atoms. The molecule has 0 atom stereocenters. The SMILES string of the molecule is CS(=O)(=O)NCc1cc(F)cc(-c2nccc3[nH]c(-c4n[nH]c5cnc(-c6cncc(NC(=O)C7CCC7)c6)cc45)nc23)c1. The average Bonchev–Trinajstić information content (AvgIpc) is 3.58. The quantitative estimate of drug-likeness (QED) is 0.194. The Morgan fingerprint density at radius 2 is 1.89 bits per heavy atom. The number of halogens is 1. The Balaban J connectivity index is 1.23. The first-order valence-corrected chi connectivity index (χ1v) is 15.8. The van der Waals surface area contributed by atoms with E-state index in [0.29, 0.717) is 56.3 Å². The maximum atomic E-state index is 14.6. The number of aromatic amines is 2. The summed E-state index contributed by atoms with van der Waals surface area (Å²) in [6.07, 6.45) is 10.5. The number of fused-ring (bicyclic) bond motifs is 2. The van der Waals surface area contributed by atoms with E-state index in [0.717, 1.165) is 36.5 Å². The molecule has 1 saturated carbocycles. The van der Waals surface area contributed by atoms with Crippen LogP contribution in [-0.4, -0.2) is 55.7 Å². The number of nitrogens with zero attached hydrogens (tertiary/aromatic N) is 5. The third-order valence-electron chi connectivity index (χ3n) is 7.62. The van der Waals surface area contributed by atoms with Crippen LogP contribution < -0.4 is 10.0 Å². The lowest BCUT2D eigenvalue weighted by Gasteiger charge is -2.24. The van der Waals surface area contributed by atoms with E-state index in [9.17, 15) is 17.6 Å². The lowest BCUT2D eigenvalue weighted by atomic mass is 9.85. The molecule has 1 aliphatic carbocycles. The van der Waals surface area contributed by atoms with Crippen LogP contribution in [0.1, 0.15) is 24.8 Å². The van der Waals surface area contributed by atoms with Crippen LogP contribution in [0.25, 0.3) is 56.0 Å². The molecule has 1 aromatic carbocycles. The van der Waals surface area contributed by atoms with Gasteiger partial charge in [0.2, 0.25) is 15.9 Å². The zero-order valence-corrected chi connectivity index (χ0v) is 24.2. The summed E-state index contributed by atoms with van der Waals surface area (Å²) >= 11 is 0. The number of hydrogen-bond acceptors (Lipinski definition) is 8. The summed E-state index contributed by atoms with van der Waals surface area (Å²) in [5.41, 5.74) is 5.71. The maximum Gasteiger partial charge on any atom is 0.227 e. The minimum absolute atomic E-state index is 0.00881. The first-order valence-electron chi connectivity index (χ1n) is 13.9. The molecule has 7 rings (SSSR count). The van der Waals surface area contributed by atoms with Gasteiger partial charge in [-0.25, -0.2) is 22.5 Å². The third kappa shape index (κ3) is 5.52. The monoisotopic (exact) mass is 611 g/mol. The van der Waals surface area contributed by atoms with Crippen molar-refractivity contribution in [2.24, 2.45) is 5.92 Å². The fourth-order valence-corrected chi connectivity index (χ4v) is 5.61. The molecule has 12 nitrogen and oxygen atoms in total. The third-order valence-corrected chi connectivity index (χ3v) is 8.29. The van der Waals surface area contributed by atoms with Gasteiger partial charge in [-0.1, -0.05) is 6.42 Å². The van der Waals surface area contributed by atoms with E-state index < -0.39 is 15.8 Å². The largest absolute Gasteiger partial charge is 0.336 e. The van der Waals surface area contributed by atoms with Crippen LogP contribution in [0.15, 0.2) is 61.2 Å². The second kappa shape index (κ2) is 10.9. The minimum Gasteiger partial charge on any atom is -0.336 e. The Labute approximate surface area is 250 Å². The second-order valence-electron chi connectivity index (χ2n) is 10.8. The number of aromatic nitrogens is 7.